The van der Waals surface area contributed by atoms with Crippen LogP contribution >= 0.6 is 0 Å². The monoisotopic (exact) mass is 302 g/mol. The number of rotatable bonds is 4. The van der Waals surface area contributed by atoms with Crippen molar-refractivity contribution in [2.24, 2.45) is 13.0 Å². The lowest BCUT2D eigenvalue weighted by Crippen LogP contribution is -2.41. The molecule has 116 valence electrons. The van der Waals surface area contributed by atoms with Crippen molar-refractivity contribution in [3.05, 3.63) is 42.0 Å². The number of hydrogen-bond donors (Lipinski definition) is 3. The molecular formula is C15H18N4O3. The molecule has 2 aromatic rings. The van der Waals surface area contributed by atoms with Gasteiger partial charge in [0.25, 0.3) is 5.91 Å². The fourth-order valence-electron chi connectivity index (χ4n) is 2.71. The van der Waals surface area contributed by atoms with Gasteiger partial charge >= 0.3 is 0 Å². The summed E-state index contributed by atoms with van der Waals surface area (Å²) in [6.45, 7) is 0. The van der Waals surface area contributed by atoms with E-state index in [1.54, 1.807) is 10.9 Å². The average molecular weight is 302 g/mol. The second-order valence-corrected chi connectivity index (χ2v) is 5.69. The van der Waals surface area contributed by atoms with Gasteiger partial charge in [-0.05, 0) is 30.9 Å². The predicted octanol–water partition coefficient (Wildman–Crippen LogP) is 0.763. The fourth-order valence-corrected chi connectivity index (χ4v) is 2.71. The van der Waals surface area contributed by atoms with Crippen LogP contribution in [0.1, 0.15) is 34.9 Å². The summed E-state index contributed by atoms with van der Waals surface area (Å²) in [5, 5.41) is 25.9. The summed E-state index contributed by atoms with van der Waals surface area (Å²) in [4.78, 5) is 16.2. The SMILES string of the molecule is Cn1cc([C@@H](NC(=O)c2ccc(O)cn2)C2CC(O)C2)cn1. The molecule has 0 bridgehead atoms. The number of amides is 1. The summed E-state index contributed by atoms with van der Waals surface area (Å²) in [7, 11) is 1.82. The van der Waals surface area contributed by atoms with Crippen molar-refractivity contribution in [2.45, 2.75) is 25.0 Å². The Hall–Kier alpha value is -2.41. The molecule has 0 unspecified atom stereocenters. The van der Waals surface area contributed by atoms with Crippen molar-refractivity contribution in [3.8, 4) is 5.75 Å². The Morgan fingerprint density at radius 2 is 2.18 bits per heavy atom. The lowest BCUT2D eigenvalue weighted by Gasteiger charge is -2.37. The summed E-state index contributed by atoms with van der Waals surface area (Å²) in [5.74, 6) is -0.113. The highest BCUT2D eigenvalue weighted by Gasteiger charge is 2.36. The second-order valence-electron chi connectivity index (χ2n) is 5.69. The lowest BCUT2D eigenvalue weighted by atomic mass is 9.75. The molecule has 2 aromatic heterocycles. The minimum absolute atomic E-state index is 0.0162. The topological polar surface area (TPSA) is 100 Å². The maximum absolute atomic E-state index is 12.3. The number of aromatic hydroxyl groups is 1. The molecule has 3 N–H and O–H groups in total. The van der Waals surface area contributed by atoms with Gasteiger partial charge in [0.05, 0.1) is 24.5 Å². The van der Waals surface area contributed by atoms with E-state index < -0.39 is 0 Å². The van der Waals surface area contributed by atoms with Gasteiger partial charge in [0, 0.05) is 18.8 Å². The molecule has 1 atom stereocenters. The number of nitrogens with zero attached hydrogens (tertiary/aromatic N) is 3. The second kappa shape index (κ2) is 5.76. The summed E-state index contributed by atoms with van der Waals surface area (Å²) in [5.41, 5.74) is 1.15. The van der Waals surface area contributed by atoms with Crippen molar-refractivity contribution in [1.29, 1.82) is 0 Å². The van der Waals surface area contributed by atoms with Gasteiger partial charge in [-0.3, -0.25) is 9.48 Å². The molecule has 0 spiro atoms. The minimum Gasteiger partial charge on any atom is -0.506 e. The van der Waals surface area contributed by atoms with Crippen LogP contribution in [0, 0.1) is 5.92 Å². The van der Waals surface area contributed by atoms with Crippen LogP contribution in [0.5, 0.6) is 5.75 Å². The molecule has 1 fully saturated rings. The summed E-state index contributed by atoms with van der Waals surface area (Å²) >= 11 is 0. The molecule has 22 heavy (non-hydrogen) atoms. The molecule has 0 radical (unpaired) electrons. The zero-order chi connectivity index (χ0) is 15.7. The molecule has 1 saturated carbocycles. The average Bonchev–Trinajstić information content (AvgIpc) is 2.89. The maximum atomic E-state index is 12.3. The van der Waals surface area contributed by atoms with E-state index in [9.17, 15) is 15.0 Å². The Bertz CT molecular complexity index is 662. The van der Waals surface area contributed by atoms with E-state index in [2.05, 4.69) is 15.4 Å². The van der Waals surface area contributed by atoms with Crippen LogP contribution in [-0.2, 0) is 7.05 Å². The van der Waals surface area contributed by atoms with E-state index >= 15 is 0 Å². The number of aliphatic hydroxyl groups excluding tert-OH is 1. The van der Waals surface area contributed by atoms with Crippen molar-refractivity contribution in [2.75, 3.05) is 0 Å². The van der Waals surface area contributed by atoms with E-state index in [-0.39, 0.29) is 35.4 Å². The van der Waals surface area contributed by atoms with Crippen LogP contribution in [0.25, 0.3) is 0 Å². The third kappa shape index (κ3) is 2.94. The number of aryl methyl sites for hydroxylation is 1. The third-order valence-electron chi connectivity index (χ3n) is 3.97. The standard InChI is InChI=1S/C15H18N4O3/c1-19-8-10(6-17-19)14(9-4-12(21)5-9)18-15(22)13-3-2-11(20)7-16-13/h2-3,6-9,12,14,20-21H,4-5H2,1H3,(H,18,22)/t9?,12?,14-/m0/s1. The van der Waals surface area contributed by atoms with Crippen molar-refractivity contribution < 1.29 is 15.0 Å². The lowest BCUT2D eigenvalue weighted by molar-refractivity contribution is 0.0234. The summed E-state index contributed by atoms with van der Waals surface area (Å²) < 4.78 is 1.68. The van der Waals surface area contributed by atoms with Crippen LogP contribution in [0.2, 0.25) is 0 Å². The van der Waals surface area contributed by atoms with Crippen LogP contribution in [0.15, 0.2) is 30.7 Å². The smallest absolute Gasteiger partial charge is 0.270 e. The van der Waals surface area contributed by atoms with E-state index in [0.29, 0.717) is 12.8 Å². The Labute approximate surface area is 127 Å². The van der Waals surface area contributed by atoms with Crippen molar-refractivity contribution in [3.63, 3.8) is 0 Å². The van der Waals surface area contributed by atoms with Gasteiger partial charge in [0.1, 0.15) is 11.4 Å². The van der Waals surface area contributed by atoms with Crippen LogP contribution in [-0.4, -0.2) is 37.0 Å². The van der Waals surface area contributed by atoms with E-state index in [1.165, 1.54) is 18.3 Å². The first-order chi connectivity index (χ1) is 10.5. The molecule has 1 amide bonds. The number of carbonyl (C=O) groups excluding carboxylic acids is 1. The van der Waals surface area contributed by atoms with Gasteiger partial charge in [-0.15, -0.1) is 0 Å². The Morgan fingerprint density at radius 1 is 1.41 bits per heavy atom. The first-order valence-electron chi connectivity index (χ1n) is 7.15. The highest BCUT2D eigenvalue weighted by Crippen LogP contribution is 2.38. The normalized spacial score (nSPS) is 21.9. The highest BCUT2D eigenvalue weighted by molar-refractivity contribution is 5.92. The van der Waals surface area contributed by atoms with E-state index in [0.717, 1.165) is 5.56 Å². The molecule has 7 heteroatoms. The molecule has 7 nitrogen and oxygen atoms in total. The van der Waals surface area contributed by atoms with Gasteiger partial charge in [0.2, 0.25) is 0 Å². The van der Waals surface area contributed by atoms with Crippen molar-refractivity contribution >= 4 is 5.91 Å². The Balaban J connectivity index is 1.77. The molecule has 3 rings (SSSR count). The molecule has 1 aliphatic carbocycles. The number of hydrogen-bond acceptors (Lipinski definition) is 5. The first kappa shape index (κ1) is 14.5. The predicted molar refractivity (Wildman–Crippen MR) is 78.0 cm³/mol. The van der Waals surface area contributed by atoms with Gasteiger partial charge < -0.3 is 15.5 Å². The molecule has 0 aliphatic heterocycles. The summed E-state index contributed by atoms with van der Waals surface area (Å²) in [6, 6.07) is 2.69. The number of carbonyl (C=O) groups is 1. The number of nitrogens with one attached hydrogen (secondary N) is 1. The minimum atomic E-state index is -0.310. The van der Waals surface area contributed by atoms with Gasteiger partial charge in [-0.25, -0.2) is 4.98 Å². The molecule has 0 saturated heterocycles. The van der Waals surface area contributed by atoms with Crippen LogP contribution in [0.3, 0.4) is 0 Å². The first-order valence-corrected chi connectivity index (χ1v) is 7.15. The number of aliphatic hydroxyl groups is 1. The van der Waals surface area contributed by atoms with Crippen LogP contribution in [0.4, 0.5) is 0 Å². The zero-order valence-electron chi connectivity index (χ0n) is 12.2. The van der Waals surface area contributed by atoms with Crippen LogP contribution < -0.4 is 5.32 Å². The highest BCUT2D eigenvalue weighted by atomic mass is 16.3. The third-order valence-corrected chi connectivity index (χ3v) is 3.97. The molecule has 1 aliphatic rings. The number of aromatic nitrogens is 3. The van der Waals surface area contributed by atoms with E-state index in [4.69, 9.17) is 0 Å². The molecule has 0 aromatic carbocycles. The summed E-state index contributed by atoms with van der Waals surface area (Å²) in [6.07, 6.45) is 5.83. The van der Waals surface area contributed by atoms with Gasteiger partial charge in [-0.1, -0.05) is 0 Å². The molecule has 2 heterocycles. The zero-order valence-corrected chi connectivity index (χ0v) is 12.2. The Morgan fingerprint density at radius 3 is 2.73 bits per heavy atom. The van der Waals surface area contributed by atoms with Gasteiger partial charge in [-0.2, -0.15) is 5.10 Å². The fraction of sp³-hybridized carbons (Fsp3) is 0.400. The molecular weight excluding hydrogens is 284 g/mol. The largest absolute Gasteiger partial charge is 0.506 e. The van der Waals surface area contributed by atoms with Crippen molar-refractivity contribution in [1.82, 2.24) is 20.1 Å². The van der Waals surface area contributed by atoms with Gasteiger partial charge in [0.15, 0.2) is 0 Å². The number of pyridine rings is 1. The Kier molecular flexibility index (Phi) is 3.81. The quantitative estimate of drug-likeness (QED) is 0.774. The van der Waals surface area contributed by atoms with E-state index in [1.807, 2.05) is 13.2 Å². The maximum Gasteiger partial charge on any atom is 0.270 e.